The quantitative estimate of drug-likeness (QED) is 0.921. The molecule has 1 aromatic carbocycles. The van der Waals surface area contributed by atoms with Crippen LogP contribution >= 0.6 is 15.9 Å². The Bertz CT molecular complexity index is 469. The molecule has 104 valence electrons. The first kappa shape index (κ1) is 14.3. The molecular formula is C13H15BrFNO3. The first-order valence-electron chi connectivity index (χ1n) is 6.10. The molecule has 1 N–H and O–H groups in total. The second kappa shape index (κ2) is 6.34. The van der Waals surface area contributed by atoms with E-state index in [9.17, 15) is 14.3 Å². The number of aliphatic hydroxyl groups excluding tert-OH is 1. The Kier molecular flexibility index (Phi) is 4.76. The molecule has 6 heteroatoms. The molecule has 0 saturated carbocycles. The number of β-amino-alcohol motifs (C(OH)–C–C–N with tert-alkyl or cyclic N) is 1. The van der Waals surface area contributed by atoms with Crippen LogP contribution in [0, 0.1) is 5.82 Å². The standard InChI is InChI=1S/C13H15BrFNO3/c14-9-3-4-12(11(15)6-9)19-8-13(18)16-5-1-2-10(17)7-16/h3-4,6,10,17H,1-2,5,7-8H2. The normalized spacial score (nSPS) is 19.3. The Labute approximate surface area is 119 Å². The van der Waals surface area contributed by atoms with Crippen molar-refractivity contribution in [2.75, 3.05) is 19.7 Å². The molecule has 0 spiro atoms. The zero-order valence-corrected chi connectivity index (χ0v) is 11.9. The third kappa shape index (κ3) is 3.91. The number of amides is 1. The molecule has 19 heavy (non-hydrogen) atoms. The Hall–Kier alpha value is -1.14. The molecule has 0 radical (unpaired) electrons. The van der Waals surface area contributed by atoms with Crippen molar-refractivity contribution < 1.29 is 19.0 Å². The summed E-state index contributed by atoms with van der Waals surface area (Å²) in [7, 11) is 0. The van der Waals surface area contributed by atoms with Crippen molar-refractivity contribution in [1.82, 2.24) is 4.90 Å². The largest absolute Gasteiger partial charge is 0.481 e. The van der Waals surface area contributed by atoms with E-state index in [1.54, 1.807) is 11.0 Å². The average molecular weight is 332 g/mol. The number of aliphatic hydroxyl groups is 1. The molecule has 0 bridgehead atoms. The predicted octanol–water partition coefficient (Wildman–Crippen LogP) is 1.95. The third-order valence-corrected chi connectivity index (χ3v) is 3.49. The van der Waals surface area contributed by atoms with E-state index in [2.05, 4.69) is 15.9 Å². The number of carbonyl (C=O) groups excluding carboxylic acids is 1. The molecule has 1 aliphatic rings. The number of nitrogens with zero attached hydrogens (tertiary/aromatic N) is 1. The van der Waals surface area contributed by atoms with Gasteiger partial charge in [-0.05, 0) is 31.0 Å². The van der Waals surface area contributed by atoms with Gasteiger partial charge in [0.1, 0.15) is 0 Å². The lowest BCUT2D eigenvalue weighted by atomic mass is 10.1. The maximum absolute atomic E-state index is 13.5. The Balaban J connectivity index is 1.89. The van der Waals surface area contributed by atoms with Gasteiger partial charge in [-0.1, -0.05) is 15.9 Å². The van der Waals surface area contributed by atoms with Crippen LogP contribution in [0.2, 0.25) is 0 Å². The summed E-state index contributed by atoms with van der Waals surface area (Å²) in [5.74, 6) is -0.698. The summed E-state index contributed by atoms with van der Waals surface area (Å²) in [5.41, 5.74) is 0. The van der Waals surface area contributed by atoms with Crippen LogP contribution in [0.25, 0.3) is 0 Å². The van der Waals surface area contributed by atoms with E-state index in [4.69, 9.17) is 4.74 Å². The van der Waals surface area contributed by atoms with Gasteiger partial charge in [0.15, 0.2) is 18.2 Å². The van der Waals surface area contributed by atoms with Crippen LogP contribution in [-0.4, -0.2) is 41.7 Å². The summed E-state index contributed by atoms with van der Waals surface area (Å²) in [4.78, 5) is 13.4. The minimum Gasteiger partial charge on any atom is -0.481 e. The Morgan fingerprint density at radius 1 is 1.58 bits per heavy atom. The van der Waals surface area contributed by atoms with Gasteiger partial charge in [0.05, 0.1) is 6.10 Å². The summed E-state index contributed by atoms with van der Waals surface area (Å²) in [6.45, 7) is 0.721. The van der Waals surface area contributed by atoms with E-state index in [0.717, 1.165) is 6.42 Å². The van der Waals surface area contributed by atoms with Crippen molar-refractivity contribution in [1.29, 1.82) is 0 Å². The number of benzene rings is 1. The predicted molar refractivity (Wildman–Crippen MR) is 71.4 cm³/mol. The van der Waals surface area contributed by atoms with Crippen molar-refractivity contribution in [3.63, 3.8) is 0 Å². The second-order valence-electron chi connectivity index (χ2n) is 4.50. The second-order valence-corrected chi connectivity index (χ2v) is 5.41. The van der Waals surface area contributed by atoms with Crippen LogP contribution in [0.1, 0.15) is 12.8 Å². The highest BCUT2D eigenvalue weighted by molar-refractivity contribution is 9.10. The van der Waals surface area contributed by atoms with Gasteiger partial charge in [-0.3, -0.25) is 4.79 Å². The number of likely N-dealkylation sites (tertiary alicyclic amines) is 1. The lowest BCUT2D eigenvalue weighted by Crippen LogP contribution is -2.44. The van der Waals surface area contributed by atoms with Gasteiger partial charge in [-0.25, -0.2) is 4.39 Å². The topological polar surface area (TPSA) is 49.8 Å². The summed E-state index contributed by atoms with van der Waals surface area (Å²) in [6, 6.07) is 4.40. The molecule has 1 amide bonds. The summed E-state index contributed by atoms with van der Waals surface area (Å²) >= 11 is 3.15. The molecular weight excluding hydrogens is 317 g/mol. The van der Waals surface area contributed by atoms with Gasteiger partial charge in [-0.2, -0.15) is 0 Å². The monoisotopic (exact) mass is 331 g/mol. The van der Waals surface area contributed by atoms with Gasteiger partial charge in [0.25, 0.3) is 5.91 Å². The molecule has 1 aliphatic heterocycles. The Morgan fingerprint density at radius 3 is 3.05 bits per heavy atom. The molecule has 1 heterocycles. The summed E-state index contributed by atoms with van der Waals surface area (Å²) in [6.07, 6.45) is 1.02. The fourth-order valence-corrected chi connectivity index (χ4v) is 2.34. The van der Waals surface area contributed by atoms with Crippen LogP contribution in [0.4, 0.5) is 4.39 Å². The smallest absolute Gasteiger partial charge is 0.260 e. The number of carbonyl (C=O) groups is 1. The van der Waals surface area contributed by atoms with Crippen molar-refractivity contribution in [3.8, 4) is 5.75 Å². The van der Waals surface area contributed by atoms with Crippen LogP contribution in [0.15, 0.2) is 22.7 Å². The van der Waals surface area contributed by atoms with E-state index in [-0.39, 0.29) is 18.3 Å². The lowest BCUT2D eigenvalue weighted by Gasteiger charge is -2.30. The molecule has 4 nitrogen and oxygen atoms in total. The van der Waals surface area contributed by atoms with E-state index >= 15 is 0 Å². The molecule has 0 aliphatic carbocycles. The third-order valence-electron chi connectivity index (χ3n) is 2.99. The minimum absolute atomic E-state index is 0.0501. The highest BCUT2D eigenvalue weighted by Crippen LogP contribution is 2.21. The zero-order chi connectivity index (χ0) is 13.8. The zero-order valence-electron chi connectivity index (χ0n) is 10.3. The van der Waals surface area contributed by atoms with Crippen molar-refractivity contribution in [2.24, 2.45) is 0 Å². The number of piperidine rings is 1. The van der Waals surface area contributed by atoms with E-state index in [1.807, 2.05) is 0 Å². The van der Waals surface area contributed by atoms with Crippen LogP contribution in [0.3, 0.4) is 0 Å². The Morgan fingerprint density at radius 2 is 2.37 bits per heavy atom. The molecule has 1 saturated heterocycles. The lowest BCUT2D eigenvalue weighted by molar-refractivity contribution is -0.136. The van der Waals surface area contributed by atoms with Gasteiger partial charge in [0, 0.05) is 17.6 Å². The van der Waals surface area contributed by atoms with Crippen LogP contribution in [0.5, 0.6) is 5.75 Å². The number of hydrogen-bond donors (Lipinski definition) is 1. The number of ether oxygens (including phenoxy) is 1. The number of halogens is 2. The van der Waals surface area contributed by atoms with Crippen molar-refractivity contribution in [3.05, 3.63) is 28.5 Å². The summed E-state index contributed by atoms with van der Waals surface area (Å²) in [5, 5.41) is 9.49. The minimum atomic E-state index is -0.513. The van der Waals surface area contributed by atoms with Crippen molar-refractivity contribution in [2.45, 2.75) is 18.9 Å². The number of hydrogen-bond acceptors (Lipinski definition) is 3. The van der Waals surface area contributed by atoms with E-state index in [1.165, 1.54) is 12.1 Å². The SMILES string of the molecule is O=C(COc1ccc(Br)cc1F)N1CCCC(O)C1. The van der Waals surface area contributed by atoms with Crippen molar-refractivity contribution >= 4 is 21.8 Å². The maximum Gasteiger partial charge on any atom is 0.260 e. The van der Waals surface area contributed by atoms with Gasteiger partial charge in [0.2, 0.25) is 0 Å². The first-order valence-corrected chi connectivity index (χ1v) is 6.89. The van der Waals surface area contributed by atoms with E-state index in [0.29, 0.717) is 24.0 Å². The van der Waals surface area contributed by atoms with Crippen LogP contribution in [-0.2, 0) is 4.79 Å². The highest BCUT2D eigenvalue weighted by Gasteiger charge is 2.22. The fourth-order valence-electron chi connectivity index (χ4n) is 2.00. The molecule has 1 fully saturated rings. The van der Waals surface area contributed by atoms with Crippen LogP contribution < -0.4 is 4.74 Å². The first-order chi connectivity index (χ1) is 9.06. The fraction of sp³-hybridized carbons (Fsp3) is 0.462. The molecule has 1 aromatic rings. The number of rotatable bonds is 3. The van der Waals surface area contributed by atoms with Gasteiger partial charge >= 0.3 is 0 Å². The van der Waals surface area contributed by atoms with Gasteiger partial charge in [-0.15, -0.1) is 0 Å². The molecule has 1 atom stereocenters. The molecule has 1 unspecified atom stereocenters. The summed E-state index contributed by atoms with van der Waals surface area (Å²) < 4.78 is 19.3. The maximum atomic E-state index is 13.5. The van der Waals surface area contributed by atoms with Gasteiger partial charge < -0.3 is 14.7 Å². The molecule has 2 rings (SSSR count). The van der Waals surface area contributed by atoms with E-state index < -0.39 is 11.9 Å². The highest BCUT2D eigenvalue weighted by atomic mass is 79.9. The molecule has 0 aromatic heterocycles. The average Bonchev–Trinajstić information content (AvgIpc) is 2.37.